The van der Waals surface area contributed by atoms with Crippen LogP contribution in [-0.2, 0) is 11.2 Å². The number of hydrogen-bond donors (Lipinski definition) is 2. The van der Waals surface area contributed by atoms with E-state index in [1.807, 2.05) is 0 Å². The Morgan fingerprint density at radius 3 is 2.84 bits per heavy atom. The van der Waals surface area contributed by atoms with Gasteiger partial charge in [-0.1, -0.05) is 18.2 Å². The number of anilines is 1. The first-order valence-corrected chi connectivity index (χ1v) is 8.28. The lowest BCUT2D eigenvalue weighted by Gasteiger charge is -2.02. The van der Waals surface area contributed by atoms with Crippen molar-refractivity contribution < 1.29 is 19.1 Å². The molecule has 0 fully saturated rings. The van der Waals surface area contributed by atoms with E-state index < -0.39 is 17.5 Å². The molecule has 3 rings (SSSR count). The van der Waals surface area contributed by atoms with Crippen LogP contribution < -0.4 is 10.9 Å². The van der Waals surface area contributed by atoms with Crippen molar-refractivity contribution >= 4 is 39.3 Å². The molecule has 3 aromatic rings. The maximum Gasteiger partial charge on any atom is 0.349 e. The number of aliphatic carboxylic acids is 1. The van der Waals surface area contributed by atoms with E-state index in [4.69, 9.17) is 9.52 Å². The fourth-order valence-corrected chi connectivity index (χ4v) is 3.28. The lowest BCUT2D eigenvalue weighted by molar-refractivity contribution is -0.136. The first-order chi connectivity index (χ1) is 11.9. The zero-order valence-electron chi connectivity index (χ0n) is 13.2. The number of carbonyl (C=O) groups excluding carboxylic acids is 1. The van der Waals surface area contributed by atoms with Crippen LogP contribution in [0.25, 0.3) is 11.0 Å². The number of fused-ring (bicyclic) bond motifs is 1. The Morgan fingerprint density at radius 1 is 1.32 bits per heavy atom. The molecule has 25 heavy (non-hydrogen) atoms. The average molecular weight is 358 g/mol. The first kappa shape index (κ1) is 16.8. The van der Waals surface area contributed by atoms with Gasteiger partial charge in [-0.3, -0.25) is 14.9 Å². The maximum absolute atomic E-state index is 12.4. The molecule has 0 aliphatic heterocycles. The van der Waals surface area contributed by atoms with Crippen molar-refractivity contribution in [3.05, 3.63) is 56.9 Å². The Hall–Kier alpha value is -3.00. The van der Waals surface area contributed by atoms with Crippen molar-refractivity contribution in [1.82, 2.24) is 4.98 Å². The maximum atomic E-state index is 12.4. The molecule has 2 N–H and O–H groups in total. The third-order valence-corrected chi connectivity index (χ3v) is 4.70. The minimum atomic E-state index is -0.896. The highest BCUT2D eigenvalue weighted by atomic mass is 32.1. The Kier molecular flexibility index (Phi) is 4.62. The molecule has 2 heterocycles. The molecule has 0 aliphatic carbocycles. The van der Waals surface area contributed by atoms with E-state index in [2.05, 4.69) is 10.3 Å². The third-order valence-electron chi connectivity index (χ3n) is 3.57. The van der Waals surface area contributed by atoms with Gasteiger partial charge in [0, 0.05) is 10.3 Å². The molecule has 1 aromatic carbocycles. The number of nitrogens with one attached hydrogen (secondary N) is 1. The van der Waals surface area contributed by atoms with Crippen molar-refractivity contribution in [2.75, 3.05) is 5.32 Å². The fraction of sp³-hybridized carbons (Fsp3) is 0.176. The summed E-state index contributed by atoms with van der Waals surface area (Å²) >= 11 is 1.19. The van der Waals surface area contributed by atoms with Gasteiger partial charge in [0.05, 0.1) is 12.1 Å². The first-order valence-electron chi connectivity index (χ1n) is 7.46. The summed E-state index contributed by atoms with van der Waals surface area (Å²) in [5.74, 6) is -1.51. The van der Waals surface area contributed by atoms with Gasteiger partial charge in [0.25, 0.3) is 5.91 Å². The van der Waals surface area contributed by atoms with Crippen LogP contribution in [-0.4, -0.2) is 22.0 Å². The van der Waals surface area contributed by atoms with E-state index in [-0.39, 0.29) is 12.0 Å². The zero-order chi connectivity index (χ0) is 18.0. The van der Waals surface area contributed by atoms with Crippen molar-refractivity contribution in [3.63, 3.8) is 0 Å². The average Bonchev–Trinajstić information content (AvgIpc) is 2.91. The normalized spacial score (nSPS) is 10.8. The second-order valence-electron chi connectivity index (χ2n) is 5.36. The summed E-state index contributed by atoms with van der Waals surface area (Å²) in [6.45, 7) is 1.74. The number of para-hydroxylation sites is 1. The summed E-state index contributed by atoms with van der Waals surface area (Å²) in [7, 11) is 0. The van der Waals surface area contributed by atoms with Gasteiger partial charge in [-0.15, -0.1) is 11.3 Å². The number of thiazole rings is 1. The van der Waals surface area contributed by atoms with E-state index in [1.165, 1.54) is 17.4 Å². The summed E-state index contributed by atoms with van der Waals surface area (Å²) in [5.41, 5.74) is 0.228. The van der Waals surface area contributed by atoms with Crippen molar-refractivity contribution in [2.24, 2.45) is 0 Å². The summed E-state index contributed by atoms with van der Waals surface area (Å²) in [6, 6.07) is 8.39. The molecule has 0 atom stereocenters. The number of aryl methyl sites for hydroxylation is 2. The molecular weight excluding hydrogens is 344 g/mol. The van der Waals surface area contributed by atoms with E-state index in [0.29, 0.717) is 28.2 Å². The van der Waals surface area contributed by atoms with E-state index in [9.17, 15) is 14.4 Å². The van der Waals surface area contributed by atoms with Crippen molar-refractivity contribution in [1.29, 1.82) is 0 Å². The Labute approximate surface area is 145 Å². The lowest BCUT2D eigenvalue weighted by Crippen LogP contribution is -2.20. The van der Waals surface area contributed by atoms with Crippen LogP contribution in [0.2, 0.25) is 0 Å². The van der Waals surface area contributed by atoms with E-state index in [0.717, 1.165) is 4.88 Å². The molecule has 7 nitrogen and oxygen atoms in total. The van der Waals surface area contributed by atoms with Crippen LogP contribution in [0.5, 0.6) is 0 Å². The van der Waals surface area contributed by atoms with Crippen LogP contribution >= 0.6 is 11.3 Å². The van der Waals surface area contributed by atoms with Crippen LogP contribution in [0.4, 0.5) is 5.13 Å². The number of carboxylic acids is 1. The Morgan fingerprint density at radius 2 is 2.08 bits per heavy atom. The zero-order valence-corrected chi connectivity index (χ0v) is 14.1. The molecule has 1 amide bonds. The lowest BCUT2D eigenvalue weighted by atomic mass is 10.2. The fourth-order valence-electron chi connectivity index (χ4n) is 2.32. The SMILES string of the molecule is Cc1nc(NC(=O)c2cc3ccccc3oc2=O)sc1CCC(=O)O. The molecule has 0 saturated carbocycles. The van der Waals surface area contributed by atoms with Crippen LogP contribution in [0.1, 0.15) is 27.3 Å². The van der Waals surface area contributed by atoms with Crippen molar-refractivity contribution in [2.45, 2.75) is 19.8 Å². The van der Waals surface area contributed by atoms with Gasteiger partial charge in [-0.05, 0) is 25.5 Å². The van der Waals surface area contributed by atoms with Gasteiger partial charge in [-0.25, -0.2) is 9.78 Å². The van der Waals surface area contributed by atoms with Crippen molar-refractivity contribution in [3.8, 4) is 0 Å². The van der Waals surface area contributed by atoms with Gasteiger partial charge >= 0.3 is 11.6 Å². The second-order valence-corrected chi connectivity index (χ2v) is 6.44. The van der Waals surface area contributed by atoms with Gasteiger partial charge in [0.15, 0.2) is 5.13 Å². The molecule has 8 heteroatoms. The van der Waals surface area contributed by atoms with Crippen LogP contribution in [0.15, 0.2) is 39.5 Å². The number of hydrogen-bond acceptors (Lipinski definition) is 6. The van der Waals surface area contributed by atoms with Gasteiger partial charge in [0.1, 0.15) is 11.1 Å². The number of aromatic nitrogens is 1. The summed E-state index contributed by atoms with van der Waals surface area (Å²) in [5, 5.41) is 12.3. The highest BCUT2D eigenvalue weighted by Crippen LogP contribution is 2.24. The standard InChI is InChI=1S/C17H14N2O5S/c1-9-13(6-7-14(20)21)25-17(18-9)19-15(22)11-8-10-4-2-3-5-12(10)24-16(11)23/h2-5,8H,6-7H2,1H3,(H,20,21)(H,18,19,22). The molecule has 0 saturated heterocycles. The Bertz CT molecular complexity index is 1020. The predicted octanol–water partition coefficient (Wildman–Crippen LogP) is 2.83. The predicted molar refractivity (Wildman–Crippen MR) is 93.2 cm³/mol. The number of benzene rings is 1. The number of nitrogens with zero attached hydrogens (tertiary/aromatic N) is 1. The minimum Gasteiger partial charge on any atom is -0.481 e. The molecule has 0 aliphatic rings. The quantitative estimate of drug-likeness (QED) is 0.679. The van der Waals surface area contributed by atoms with E-state index in [1.54, 1.807) is 31.2 Å². The smallest absolute Gasteiger partial charge is 0.349 e. The monoisotopic (exact) mass is 358 g/mol. The molecule has 0 spiro atoms. The number of rotatable bonds is 5. The molecule has 0 unspecified atom stereocenters. The molecule has 128 valence electrons. The number of amides is 1. The minimum absolute atomic E-state index is 0.00924. The molecule has 2 aromatic heterocycles. The summed E-state index contributed by atoms with van der Waals surface area (Å²) < 4.78 is 5.15. The molecular formula is C17H14N2O5S. The number of carbonyl (C=O) groups is 2. The van der Waals surface area contributed by atoms with Crippen LogP contribution in [0, 0.1) is 6.92 Å². The largest absolute Gasteiger partial charge is 0.481 e. The third kappa shape index (κ3) is 3.74. The number of carboxylic acid groups (broad SMARTS) is 1. The summed E-state index contributed by atoms with van der Waals surface area (Å²) in [4.78, 5) is 40.0. The highest BCUT2D eigenvalue weighted by Gasteiger charge is 2.17. The Balaban J connectivity index is 1.83. The van der Waals surface area contributed by atoms with Gasteiger partial charge in [0.2, 0.25) is 0 Å². The topological polar surface area (TPSA) is 110 Å². The van der Waals surface area contributed by atoms with Gasteiger partial charge in [-0.2, -0.15) is 0 Å². The molecule has 0 radical (unpaired) electrons. The van der Waals surface area contributed by atoms with Gasteiger partial charge < -0.3 is 9.52 Å². The van der Waals surface area contributed by atoms with Crippen LogP contribution in [0.3, 0.4) is 0 Å². The van der Waals surface area contributed by atoms with E-state index >= 15 is 0 Å². The summed E-state index contributed by atoms with van der Waals surface area (Å²) in [6.07, 6.45) is 0.331. The second kappa shape index (κ2) is 6.86. The molecule has 0 bridgehead atoms. The highest BCUT2D eigenvalue weighted by molar-refractivity contribution is 7.15.